The lowest BCUT2D eigenvalue weighted by Gasteiger charge is -2.05. The molecule has 1 amide bonds. The molecule has 2 N–H and O–H groups in total. The molecule has 6 nitrogen and oxygen atoms in total. The Kier molecular flexibility index (Phi) is 3.73. The fraction of sp³-hybridized carbons (Fsp3) is 0. The summed E-state index contributed by atoms with van der Waals surface area (Å²) in [5.74, 6) is -0.493. The van der Waals surface area contributed by atoms with Gasteiger partial charge in [-0.15, -0.1) is 0 Å². The molecule has 0 unspecified atom stereocenters. The van der Waals surface area contributed by atoms with Gasteiger partial charge in [0.2, 0.25) is 0 Å². The average Bonchev–Trinajstić information content (AvgIpc) is 2.34. The van der Waals surface area contributed by atoms with Crippen molar-refractivity contribution in [2.75, 3.05) is 5.32 Å². The third-order valence-corrected chi connectivity index (χ3v) is 2.70. The maximum Gasteiger partial charge on any atom is 0.276 e. The number of hydrogen-bond acceptors (Lipinski definition) is 4. The first-order valence-electron chi connectivity index (χ1n) is 4.74. The number of nitrogens with zero attached hydrogens (tertiary/aromatic N) is 2. The second-order valence-corrected chi connectivity index (χ2v) is 4.53. The summed E-state index contributed by atoms with van der Waals surface area (Å²) in [6.45, 7) is 0. The van der Waals surface area contributed by atoms with Crippen molar-refractivity contribution < 1.29 is 4.79 Å². The van der Waals surface area contributed by atoms with Crippen molar-refractivity contribution in [3.63, 3.8) is 0 Å². The van der Waals surface area contributed by atoms with Crippen LogP contribution < -0.4 is 10.9 Å². The zero-order chi connectivity index (χ0) is 13.1. The van der Waals surface area contributed by atoms with Crippen molar-refractivity contribution in [3.05, 3.63) is 50.1 Å². The molecule has 18 heavy (non-hydrogen) atoms. The van der Waals surface area contributed by atoms with E-state index in [9.17, 15) is 9.59 Å². The maximum atomic E-state index is 11.8. The summed E-state index contributed by atoms with van der Waals surface area (Å²) in [7, 11) is 0. The van der Waals surface area contributed by atoms with E-state index in [2.05, 4.69) is 36.4 Å². The Balaban J connectivity index is 2.23. The number of carbonyl (C=O) groups excluding carboxylic acids is 1. The van der Waals surface area contributed by atoms with Crippen LogP contribution in [0.1, 0.15) is 10.5 Å². The van der Waals surface area contributed by atoms with Crippen LogP contribution in [0.4, 0.5) is 5.69 Å². The van der Waals surface area contributed by atoms with Crippen LogP contribution in [0.25, 0.3) is 0 Å². The largest absolute Gasteiger partial charge is 0.318 e. The molecular weight excluding hydrogens is 323 g/mol. The van der Waals surface area contributed by atoms with Gasteiger partial charge in [0.15, 0.2) is 5.15 Å². The van der Waals surface area contributed by atoms with E-state index in [4.69, 9.17) is 11.6 Å². The number of aromatic nitrogens is 3. The molecule has 8 heteroatoms. The molecule has 0 fully saturated rings. The molecule has 0 radical (unpaired) electrons. The highest BCUT2D eigenvalue weighted by Crippen LogP contribution is 2.23. The molecule has 0 aromatic carbocycles. The highest BCUT2D eigenvalue weighted by atomic mass is 79.9. The van der Waals surface area contributed by atoms with Crippen LogP contribution in [0.2, 0.25) is 5.15 Å². The van der Waals surface area contributed by atoms with Crippen molar-refractivity contribution in [2.24, 2.45) is 0 Å². The second kappa shape index (κ2) is 5.28. The summed E-state index contributed by atoms with van der Waals surface area (Å²) in [5.41, 5.74) is 0.0448. The quantitative estimate of drug-likeness (QED) is 0.823. The van der Waals surface area contributed by atoms with Gasteiger partial charge < -0.3 is 5.32 Å². The molecule has 0 aliphatic carbocycles. The lowest BCUT2D eigenvalue weighted by molar-refractivity contribution is 0.102. The molecule has 0 spiro atoms. The zero-order valence-corrected chi connectivity index (χ0v) is 11.1. The molecule has 2 rings (SSSR count). The number of halogens is 2. The SMILES string of the molecule is O=C(Nc1cc(Br)cnc1Cl)c1ccc(=O)[nH]n1. The minimum absolute atomic E-state index is 0.0747. The van der Waals surface area contributed by atoms with Gasteiger partial charge in [-0.05, 0) is 28.1 Å². The predicted octanol–water partition coefficient (Wildman–Crippen LogP) is 1.83. The van der Waals surface area contributed by atoms with Crippen LogP contribution in [0.15, 0.2) is 33.7 Å². The van der Waals surface area contributed by atoms with Gasteiger partial charge in [-0.1, -0.05) is 11.6 Å². The first-order valence-corrected chi connectivity index (χ1v) is 5.91. The molecule has 0 saturated carbocycles. The maximum absolute atomic E-state index is 11.8. The van der Waals surface area contributed by atoms with Gasteiger partial charge in [-0.25, -0.2) is 10.1 Å². The number of H-pyrrole nitrogens is 1. The first-order chi connectivity index (χ1) is 8.56. The van der Waals surface area contributed by atoms with Crippen LogP contribution in [0, 0.1) is 0 Å². The smallest absolute Gasteiger partial charge is 0.276 e. The highest BCUT2D eigenvalue weighted by Gasteiger charge is 2.11. The first kappa shape index (κ1) is 12.7. The van der Waals surface area contributed by atoms with Gasteiger partial charge in [0.1, 0.15) is 5.69 Å². The Morgan fingerprint density at radius 1 is 1.44 bits per heavy atom. The van der Waals surface area contributed by atoms with Crippen molar-refractivity contribution in [3.8, 4) is 0 Å². The Morgan fingerprint density at radius 3 is 2.89 bits per heavy atom. The van der Waals surface area contributed by atoms with E-state index in [0.29, 0.717) is 10.2 Å². The number of hydrogen-bond donors (Lipinski definition) is 2. The fourth-order valence-corrected chi connectivity index (χ4v) is 1.65. The predicted molar refractivity (Wildman–Crippen MR) is 69.8 cm³/mol. The van der Waals surface area contributed by atoms with Crippen molar-refractivity contribution in [2.45, 2.75) is 0 Å². The molecule has 0 saturated heterocycles. The van der Waals surface area contributed by atoms with Gasteiger partial charge in [-0.3, -0.25) is 9.59 Å². The van der Waals surface area contributed by atoms with E-state index in [1.807, 2.05) is 0 Å². The topological polar surface area (TPSA) is 87.7 Å². The van der Waals surface area contributed by atoms with E-state index in [-0.39, 0.29) is 16.4 Å². The number of carbonyl (C=O) groups is 1. The number of anilines is 1. The third kappa shape index (κ3) is 2.93. The van der Waals surface area contributed by atoms with Crippen LogP contribution in [-0.2, 0) is 0 Å². The molecule has 2 aromatic heterocycles. The monoisotopic (exact) mass is 328 g/mol. The lowest BCUT2D eigenvalue weighted by atomic mass is 10.3. The summed E-state index contributed by atoms with van der Waals surface area (Å²) in [4.78, 5) is 26.5. The van der Waals surface area contributed by atoms with E-state index in [1.165, 1.54) is 18.3 Å². The molecule has 0 aliphatic rings. The van der Waals surface area contributed by atoms with Crippen LogP contribution >= 0.6 is 27.5 Å². The second-order valence-electron chi connectivity index (χ2n) is 3.25. The molecule has 0 bridgehead atoms. The Morgan fingerprint density at radius 2 is 2.22 bits per heavy atom. The van der Waals surface area contributed by atoms with E-state index in [0.717, 1.165) is 0 Å². The zero-order valence-electron chi connectivity index (χ0n) is 8.78. The highest BCUT2D eigenvalue weighted by molar-refractivity contribution is 9.10. The Labute approximate surface area is 115 Å². The standard InChI is InChI=1S/C10H6BrClN4O2/c11-5-3-7(9(12)13-4-5)14-10(18)6-1-2-8(17)16-15-6/h1-4H,(H,14,18)(H,16,17). The number of nitrogens with one attached hydrogen (secondary N) is 2. The van der Waals surface area contributed by atoms with E-state index in [1.54, 1.807) is 6.07 Å². The molecule has 2 aromatic rings. The molecular formula is C10H6BrClN4O2. The number of pyridine rings is 1. The summed E-state index contributed by atoms with van der Waals surface area (Å²) in [5, 5.41) is 8.47. The van der Waals surface area contributed by atoms with Crippen LogP contribution in [0.5, 0.6) is 0 Å². The van der Waals surface area contributed by atoms with E-state index < -0.39 is 5.91 Å². The minimum atomic E-state index is -0.493. The van der Waals surface area contributed by atoms with Gasteiger partial charge in [0.25, 0.3) is 11.5 Å². The molecule has 0 aliphatic heterocycles. The van der Waals surface area contributed by atoms with Crippen molar-refractivity contribution in [1.82, 2.24) is 15.2 Å². The molecule has 92 valence electrons. The minimum Gasteiger partial charge on any atom is -0.318 e. The number of amides is 1. The summed E-state index contributed by atoms with van der Waals surface area (Å²) in [6.07, 6.45) is 1.51. The molecule has 0 atom stereocenters. The summed E-state index contributed by atoms with van der Waals surface area (Å²) < 4.78 is 0.677. The fourth-order valence-electron chi connectivity index (χ4n) is 1.17. The van der Waals surface area contributed by atoms with Gasteiger partial charge in [0.05, 0.1) is 5.69 Å². The van der Waals surface area contributed by atoms with Crippen molar-refractivity contribution >= 4 is 39.1 Å². The van der Waals surface area contributed by atoms with Crippen molar-refractivity contribution in [1.29, 1.82) is 0 Å². The Bertz CT molecular complexity index is 638. The van der Waals surface area contributed by atoms with Gasteiger partial charge in [0, 0.05) is 16.7 Å². The summed E-state index contributed by atoms with van der Waals surface area (Å²) in [6, 6.07) is 4.13. The van der Waals surface area contributed by atoms with Crippen LogP contribution in [-0.4, -0.2) is 21.1 Å². The van der Waals surface area contributed by atoms with Gasteiger partial charge >= 0.3 is 0 Å². The summed E-state index contributed by atoms with van der Waals surface area (Å²) >= 11 is 9.04. The third-order valence-electron chi connectivity index (χ3n) is 1.97. The van der Waals surface area contributed by atoms with Gasteiger partial charge in [-0.2, -0.15) is 5.10 Å². The average molecular weight is 330 g/mol. The normalized spacial score (nSPS) is 10.1. The number of rotatable bonds is 2. The lowest BCUT2D eigenvalue weighted by Crippen LogP contribution is -2.17. The Hall–Kier alpha value is -1.73. The van der Waals surface area contributed by atoms with E-state index >= 15 is 0 Å². The van der Waals surface area contributed by atoms with Crippen LogP contribution in [0.3, 0.4) is 0 Å². The molecule has 2 heterocycles. The number of aromatic amines is 1.